The number of anilines is 2. The molecule has 1 amide bonds. The van der Waals surface area contributed by atoms with Gasteiger partial charge in [-0.05, 0) is 75.4 Å². The third kappa shape index (κ3) is 3.86. The number of benzene rings is 1. The first-order chi connectivity index (χ1) is 14.5. The third-order valence-electron chi connectivity index (χ3n) is 5.91. The molecule has 3 aromatic rings. The Labute approximate surface area is 176 Å². The van der Waals surface area contributed by atoms with Crippen LogP contribution < -0.4 is 5.32 Å². The summed E-state index contributed by atoms with van der Waals surface area (Å²) in [7, 11) is 0. The highest BCUT2D eigenvalue weighted by molar-refractivity contribution is 6.07. The summed E-state index contributed by atoms with van der Waals surface area (Å²) in [4.78, 5) is 24.6. The number of hydrogen-bond acceptors (Lipinski definition) is 4. The smallest absolute Gasteiger partial charge is 0.257 e. The molecule has 2 aromatic heterocycles. The number of nitrogens with one attached hydrogen (secondary N) is 1. The highest BCUT2D eigenvalue weighted by atomic mass is 19.1. The van der Waals surface area contributed by atoms with Crippen LogP contribution in [0.4, 0.5) is 15.8 Å². The molecule has 1 atom stereocenters. The number of aromatic nitrogens is 2. The van der Waals surface area contributed by atoms with Gasteiger partial charge in [-0.1, -0.05) is 6.92 Å². The summed E-state index contributed by atoms with van der Waals surface area (Å²) in [6, 6.07) is 8.70. The Morgan fingerprint density at radius 1 is 1.23 bits per heavy atom. The van der Waals surface area contributed by atoms with Crippen LogP contribution in [0.15, 0.2) is 36.5 Å². The molecule has 0 saturated carbocycles. The lowest BCUT2D eigenvalue weighted by Crippen LogP contribution is -2.43. The molecule has 5 nitrogen and oxygen atoms in total. The van der Waals surface area contributed by atoms with Crippen molar-refractivity contribution in [3.63, 3.8) is 0 Å². The van der Waals surface area contributed by atoms with Crippen LogP contribution in [0, 0.1) is 19.7 Å². The van der Waals surface area contributed by atoms with E-state index >= 15 is 0 Å². The topological polar surface area (TPSA) is 58.1 Å². The second kappa shape index (κ2) is 8.38. The van der Waals surface area contributed by atoms with Gasteiger partial charge in [-0.3, -0.25) is 4.79 Å². The van der Waals surface area contributed by atoms with Gasteiger partial charge in [-0.2, -0.15) is 0 Å². The summed E-state index contributed by atoms with van der Waals surface area (Å²) in [5.74, 6) is -0.302. The number of carbonyl (C=O) groups is 1. The molecule has 0 radical (unpaired) electrons. The minimum absolute atomic E-state index is 0.0150. The van der Waals surface area contributed by atoms with Crippen LogP contribution in [0.3, 0.4) is 0 Å². The molecule has 1 aromatic carbocycles. The maximum Gasteiger partial charge on any atom is 0.257 e. The van der Waals surface area contributed by atoms with Crippen LogP contribution in [0.1, 0.15) is 54.2 Å². The van der Waals surface area contributed by atoms with E-state index in [1.807, 2.05) is 30.9 Å². The summed E-state index contributed by atoms with van der Waals surface area (Å²) in [5, 5.41) is 4.17. The molecule has 0 bridgehead atoms. The molecule has 1 aliphatic rings. The van der Waals surface area contributed by atoms with Crippen LogP contribution in [-0.2, 0) is 0 Å². The van der Waals surface area contributed by atoms with Crippen LogP contribution in [0.25, 0.3) is 11.0 Å². The second-order valence-electron chi connectivity index (χ2n) is 8.01. The Morgan fingerprint density at radius 3 is 2.83 bits per heavy atom. The van der Waals surface area contributed by atoms with Crippen molar-refractivity contribution >= 4 is 28.3 Å². The zero-order chi connectivity index (χ0) is 21.3. The molecule has 4 rings (SSSR count). The third-order valence-corrected chi connectivity index (χ3v) is 5.91. The maximum atomic E-state index is 13.6. The minimum atomic E-state index is -0.287. The zero-order valence-electron chi connectivity index (χ0n) is 17.7. The van der Waals surface area contributed by atoms with Gasteiger partial charge in [0.25, 0.3) is 5.91 Å². The van der Waals surface area contributed by atoms with Crippen molar-refractivity contribution in [1.29, 1.82) is 0 Å². The largest absolute Gasteiger partial charge is 0.354 e. The van der Waals surface area contributed by atoms with Gasteiger partial charge in [0.15, 0.2) is 5.65 Å². The van der Waals surface area contributed by atoms with E-state index in [-0.39, 0.29) is 17.8 Å². The quantitative estimate of drug-likeness (QED) is 0.619. The van der Waals surface area contributed by atoms with Crippen LogP contribution in [-0.4, -0.2) is 33.4 Å². The number of fused-ring (bicyclic) bond motifs is 1. The van der Waals surface area contributed by atoms with Gasteiger partial charge < -0.3 is 10.2 Å². The van der Waals surface area contributed by atoms with Gasteiger partial charge >= 0.3 is 0 Å². The van der Waals surface area contributed by atoms with E-state index in [0.29, 0.717) is 16.9 Å². The maximum absolute atomic E-state index is 13.6. The Morgan fingerprint density at radius 2 is 2.07 bits per heavy atom. The molecule has 1 unspecified atom stereocenters. The minimum Gasteiger partial charge on any atom is -0.354 e. The van der Waals surface area contributed by atoms with Gasteiger partial charge in [0.2, 0.25) is 0 Å². The summed E-state index contributed by atoms with van der Waals surface area (Å²) < 4.78 is 13.6. The monoisotopic (exact) mass is 406 g/mol. The van der Waals surface area contributed by atoms with E-state index < -0.39 is 0 Å². The van der Waals surface area contributed by atoms with E-state index in [0.717, 1.165) is 54.6 Å². The van der Waals surface area contributed by atoms with E-state index in [1.165, 1.54) is 12.1 Å². The van der Waals surface area contributed by atoms with Crippen molar-refractivity contribution in [3.8, 4) is 0 Å². The standard InChI is InChI=1S/C24H27FN4O/c1-4-18-7-5-6-12-29(18)24(30)20-14-26-23-19(10-8-16(3)27-23)22(20)28-21-11-9-17(25)13-15(21)2/h8-11,13-14,18H,4-7,12H2,1-3H3,(H,26,27,28). The predicted octanol–water partition coefficient (Wildman–Crippen LogP) is 5.53. The number of hydrogen-bond donors (Lipinski definition) is 1. The van der Waals surface area contributed by atoms with Gasteiger partial charge in [-0.15, -0.1) is 0 Å². The Hall–Kier alpha value is -3.02. The van der Waals surface area contributed by atoms with Crippen molar-refractivity contribution in [1.82, 2.24) is 14.9 Å². The van der Waals surface area contributed by atoms with Crippen LogP contribution in [0.2, 0.25) is 0 Å². The normalized spacial score (nSPS) is 16.7. The number of likely N-dealkylation sites (tertiary alicyclic amines) is 1. The first-order valence-electron chi connectivity index (χ1n) is 10.6. The molecule has 0 spiro atoms. The first kappa shape index (κ1) is 20.3. The highest BCUT2D eigenvalue weighted by Gasteiger charge is 2.29. The number of rotatable bonds is 4. The Balaban J connectivity index is 1.83. The van der Waals surface area contributed by atoms with E-state index in [1.54, 1.807) is 12.3 Å². The average Bonchev–Trinajstić information content (AvgIpc) is 2.75. The van der Waals surface area contributed by atoms with Crippen molar-refractivity contribution < 1.29 is 9.18 Å². The predicted molar refractivity (Wildman–Crippen MR) is 118 cm³/mol. The molecule has 156 valence electrons. The molecule has 0 aliphatic carbocycles. The molecule has 6 heteroatoms. The average molecular weight is 407 g/mol. The summed E-state index contributed by atoms with van der Waals surface area (Å²) in [6.45, 7) is 6.65. The van der Waals surface area contributed by atoms with Crippen LogP contribution in [0.5, 0.6) is 0 Å². The van der Waals surface area contributed by atoms with Gasteiger partial charge in [0, 0.05) is 35.6 Å². The van der Waals surface area contributed by atoms with E-state index in [9.17, 15) is 9.18 Å². The van der Waals surface area contributed by atoms with Crippen molar-refractivity contribution in [2.24, 2.45) is 0 Å². The summed E-state index contributed by atoms with van der Waals surface area (Å²) in [6.07, 6.45) is 5.77. The van der Waals surface area contributed by atoms with Crippen molar-refractivity contribution in [2.75, 3.05) is 11.9 Å². The number of piperidine rings is 1. The lowest BCUT2D eigenvalue weighted by molar-refractivity contribution is 0.0609. The number of amides is 1. The fraction of sp³-hybridized carbons (Fsp3) is 0.375. The molecule has 1 fully saturated rings. The zero-order valence-corrected chi connectivity index (χ0v) is 17.7. The number of nitrogens with zero attached hydrogens (tertiary/aromatic N) is 3. The number of carbonyl (C=O) groups excluding carboxylic acids is 1. The lowest BCUT2D eigenvalue weighted by Gasteiger charge is -2.35. The molecule has 3 heterocycles. The number of aryl methyl sites for hydroxylation is 2. The molecule has 30 heavy (non-hydrogen) atoms. The molecular formula is C24H27FN4O. The fourth-order valence-corrected chi connectivity index (χ4v) is 4.22. The molecule has 1 N–H and O–H groups in total. The Kier molecular flexibility index (Phi) is 5.66. The number of pyridine rings is 2. The SMILES string of the molecule is CCC1CCCCN1C(=O)c1cnc2nc(C)ccc2c1Nc1ccc(F)cc1C. The van der Waals surface area contributed by atoms with Gasteiger partial charge in [0.1, 0.15) is 5.82 Å². The van der Waals surface area contributed by atoms with Crippen LogP contribution >= 0.6 is 0 Å². The van der Waals surface area contributed by atoms with Gasteiger partial charge in [0.05, 0.1) is 11.3 Å². The Bertz CT molecular complexity index is 1100. The molecular weight excluding hydrogens is 379 g/mol. The fourth-order valence-electron chi connectivity index (χ4n) is 4.22. The van der Waals surface area contributed by atoms with Crippen molar-refractivity contribution in [2.45, 2.75) is 52.5 Å². The molecule has 1 saturated heterocycles. The first-order valence-corrected chi connectivity index (χ1v) is 10.6. The summed E-state index contributed by atoms with van der Waals surface area (Å²) in [5.41, 5.74) is 4.16. The summed E-state index contributed by atoms with van der Waals surface area (Å²) >= 11 is 0. The lowest BCUT2D eigenvalue weighted by atomic mass is 9.98. The van der Waals surface area contributed by atoms with Gasteiger partial charge in [-0.25, -0.2) is 14.4 Å². The second-order valence-corrected chi connectivity index (χ2v) is 8.01. The molecule has 1 aliphatic heterocycles. The van der Waals surface area contributed by atoms with Crippen molar-refractivity contribution in [3.05, 3.63) is 59.2 Å². The number of halogens is 1. The van der Waals surface area contributed by atoms with E-state index in [2.05, 4.69) is 22.2 Å². The van der Waals surface area contributed by atoms with E-state index in [4.69, 9.17) is 0 Å². The highest BCUT2D eigenvalue weighted by Crippen LogP contribution is 2.32.